The molecule has 60 heavy (non-hydrogen) atoms. The summed E-state index contributed by atoms with van der Waals surface area (Å²) in [4.78, 5) is 9.76. The van der Waals surface area contributed by atoms with E-state index >= 15 is 0 Å². The summed E-state index contributed by atoms with van der Waals surface area (Å²) in [5, 5.41) is 1.16. The molecule has 0 amide bonds. The Kier molecular flexibility index (Phi) is 11.3. The summed E-state index contributed by atoms with van der Waals surface area (Å²) in [5.74, 6) is 1.03. The molecule has 0 bridgehead atoms. The zero-order valence-electron chi connectivity index (χ0n) is 37.2. The number of hydrogen-bond donors (Lipinski definition) is 0. The number of hydrogen-bond acceptors (Lipinski definition) is 2. The fourth-order valence-corrected chi connectivity index (χ4v) is 10.4. The summed E-state index contributed by atoms with van der Waals surface area (Å²) in [6.07, 6.45) is 6.18. The van der Waals surface area contributed by atoms with E-state index in [2.05, 4.69) is 164 Å². The van der Waals surface area contributed by atoms with Crippen molar-refractivity contribution in [2.24, 2.45) is 5.92 Å². The van der Waals surface area contributed by atoms with E-state index in [1.54, 1.807) is 0 Å². The summed E-state index contributed by atoms with van der Waals surface area (Å²) in [7, 11) is -1.69. The number of aromatic nitrogens is 3. The van der Waals surface area contributed by atoms with Crippen LogP contribution in [0.3, 0.4) is 0 Å². The predicted octanol–water partition coefficient (Wildman–Crippen LogP) is 13.7. The predicted molar refractivity (Wildman–Crippen MR) is 250 cm³/mol. The molecule has 1 radical (unpaired) electrons. The normalized spacial score (nSPS) is 15.2. The molecule has 0 N–H and O–H groups in total. The Bertz CT molecular complexity index is 2820. The van der Waals surface area contributed by atoms with Gasteiger partial charge in [-0.05, 0) is 75.1 Å². The molecule has 1 fully saturated rings. The molecule has 5 heteroatoms. The van der Waals surface area contributed by atoms with Crippen molar-refractivity contribution in [1.29, 1.82) is 0 Å². The van der Waals surface area contributed by atoms with Gasteiger partial charge in [-0.15, -0.1) is 65.2 Å². The van der Waals surface area contributed by atoms with E-state index in [9.17, 15) is 0 Å². The fraction of sp³-hybridized carbons (Fsp3) is 0.236. The van der Waals surface area contributed by atoms with Gasteiger partial charge in [-0.2, -0.15) is 0 Å². The number of nitrogens with zero attached hydrogens (tertiary/aromatic N) is 3. The molecule has 2 aliphatic carbocycles. The fourth-order valence-electron chi connectivity index (χ4n) is 9.01. The van der Waals surface area contributed by atoms with Gasteiger partial charge in [-0.25, -0.2) is 0 Å². The first kappa shape index (κ1) is 39.0. The summed E-state index contributed by atoms with van der Waals surface area (Å²) in [6, 6.07) is 57.4. The monoisotopic (exact) mass is 978 g/mol. The Hall–Kier alpha value is -5.19. The molecule has 303 valence electrons. The van der Waals surface area contributed by atoms with Crippen LogP contribution >= 0.6 is 0 Å². The zero-order chi connectivity index (χ0) is 42.4. The van der Waals surface area contributed by atoms with Crippen molar-refractivity contribution >= 4 is 24.3 Å². The molecule has 10 rings (SSSR count). The van der Waals surface area contributed by atoms with Crippen molar-refractivity contribution in [2.45, 2.75) is 77.4 Å². The van der Waals surface area contributed by atoms with Crippen LogP contribution in [0, 0.1) is 18.1 Å². The molecule has 0 spiro atoms. The number of fused-ring (bicyclic) bond motifs is 4. The molecule has 0 unspecified atom stereocenters. The van der Waals surface area contributed by atoms with Crippen LogP contribution in [0.15, 0.2) is 152 Å². The van der Waals surface area contributed by atoms with E-state index in [1.165, 1.54) is 39.8 Å². The zero-order valence-corrected chi connectivity index (χ0v) is 38.6. The summed E-state index contributed by atoms with van der Waals surface area (Å²) >= 11 is 0. The molecule has 1 saturated carbocycles. The van der Waals surface area contributed by atoms with Crippen LogP contribution in [0.25, 0.3) is 61.6 Å². The van der Waals surface area contributed by atoms with Crippen LogP contribution < -0.4 is 5.19 Å². The minimum Gasteiger partial charge on any atom is -0.333 e. The molecule has 6 aromatic carbocycles. The van der Waals surface area contributed by atoms with E-state index in [1.807, 2.05) is 42.6 Å². The van der Waals surface area contributed by atoms with Crippen LogP contribution in [-0.4, -0.2) is 22.6 Å². The van der Waals surface area contributed by atoms with Crippen molar-refractivity contribution in [1.82, 2.24) is 14.5 Å². The Morgan fingerprint density at radius 1 is 0.717 bits per heavy atom. The van der Waals surface area contributed by atoms with Crippen LogP contribution in [0.5, 0.6) is 0 Å². The standard InChI is InChI=1S/C34H25N2.C21H28NSi.Ir/c1-34(2)29-13-7-6-12-27(29)28-22-25(18-21-30(28)34)33-35-31-14-8-9-15-32(31)36(33)26-19-16-24(17-20-26)23-10-4-3-5-11-23;1-23(2,3)21-16-22-20(18-12-8-5-9-13-18)15-19(21)14-17-10-6-4-7-11-17;/h3-17,19-22H,1-2H3;5,8-9,12,15-17H,4,6-7,10-11,14H2,1-3H3;/q2*-1;/i;14D2;. The number of pyridine rings is 1. The van der Waals surface area contributed by atoms with E-state index in [0.717, 1.165) is 75.8 Å². The topological polar surface area (TPSA) is 30.7 Å². The maximum Gasteiger partial charge on any atom is 0.0798 e. The third kappa shape index (κ3) is 8.28. The average Bonchev–Trinajstić information content (AvgIpc) is 3.79. The first-order valence-corrected chi connectivity index (χ1v) is 24.7. The van der Waals surface area contributed by atoms with E-state index < -0.39 is 14.4 Å². The van der Waals surface area contributed by atoms with Crippen LogP contribution in [-0.2, 0) is 31.9 Å². The van der Waals surface area contributed by atoms with Gasteiger partial charge in [0.2, 0.25) is 0 Å². The second kappa shape index (κ2) is 17.4. The molecule has 2 aromatic heterocycles. The number of para-hydroxylation sites is 2. The average molecular weight is 978 g/mol. The smallest absolute Gasteiger partial charge is 0.0798 e. The van der Waals surface area contributed by atoms with Crippen LogP contribution in [0.4, 0.5) is 0 Å². The van der Waals surface area contributed by atoms with Gasteiger partial charge >= 0.3 is 0 Å². The number of benzene rings is 6. The Morgan fingerprint density at radius 2 is 1.42 bits per heavy atom. The molecule has 0 aliphatic heterocycles. The Labute approximate surface area is 374 Å². The second-order valence-electron chi connectivity index (χ2n) is 17.6. The van der Waals surface area contributed by atoms with Gasteiger partial charge in [-0.1, -0.05) is 162 Å². The molecule has 8 aromatic rings. The van der Waals surface area contributed by atoms with Crippen molar-refractivity contribution in [2.75, 3.05) is 0 Å². The molecular formula is C55H53IrN3Si-2. The van der Waals surface area contributed by atoms with Crippen molar-refractivity contribution in [3.8, 4) is 50.6 Å². The molecule has 0 saturated heterocycles. The van der Waals surface area contributed by atoms with Crippen LogP contribution in [0.2, 0.25) is 19.6 Å². The minimum atomic E-state index is -1.69. The van der Waals surface area contributed by atoms with Crippen molar-refractivity contribution in [3.05, 3.63) is 181 Å². The largest absolute Gasteiger partial charge is 0.333 e. The molecule has 2 aliphatic rings. The number of rotatable bonds is 7. The molecule has 3 nitrogen and oxygen atoms in total. The Balaban J connectivity index is 0.000000180. The van der Waals surface area contributed by atoms with Crippen LogP contribution in [0.1, 0.15) is 65.4 Å². The maximum atomic E-state index is 8.99. The van der Waals surface area contributed by atoms with Gasteiger partial charge < -0.3 is 9.55 Å². The first-order chi connectivity index (χ1) is 29.4. The van der Waals surface area contributed by atoms with E-state index in [4.69, 9.17) is 7.73 Å². The first-order valence-electron chi connectivity index (χ1n) is 22.2. The third-order valence-electron chi connectivity index (χ3n) is 12.2. The molecular weight excluding hydrogens is 923 g/mol. The summed E-state index contributed by atoms with van der Waals surface area (Å²) < 4.78 is 20.2. The summed E-state index contributed by atoms with van der Waals surface area (Å²) in [6.45, 7) is 11.4. The van der Waals surface area contributed by atoms with Crippen molar-refractivity contribution < 1.29 is 22.8 Å². The Morgan fingerprint density at radius 3 is 2.17 bits per heavy atom. The van der Waals surface area contributed by atoms with Gasteiger partial charge in [0.25, 0.3) is 0 Å². The second-order valence-corrected chi connectivity index (χ2v) is 22.7. The molecule has 0 atom stereocenters. The quantitative estimate of drug-likeness (QED) is 0.118. The minimum absolute atomic E-state index is 0. The third-order valence-corrected chi connectivity index (χ3v) is 14.2. The number of imidazole rings is 1. The SMILES string of the molecule is CC1(C)c2c[c-]c(-c3nc4ccccc4n3-c3ccc(-c4ccccc4)cc3)cc2-c2ccccc21.[2H]C([2H])(c1cc(-c2[c-]cccc2)ncc1[Si](C)(C)C)C1CCCCC1.[Ir]. The van der Waals surface area contributed by atoms with Gasteiger partial charge in [-0.3, -0.25) is 4.98 Å². The van der Waals surface area contributed by atoms with E-state index in [-0.39, 0.29) is 31.4 Å². The van der Waals surface area contributed by atoms with E-state index in [0.29, 0.717) is 0 Å². The molecule has 2 heterocycles. The van der Waals surface area contributed by atoms with Gasteiger partial charge in [0.05, 0.1) is 24.9 Å². The summed E-state index contributed by atoms with van der Waals surface area (Å²) in [5.41, 5.74) is 14.5. The van der Waals surface area contributed by atoms with Gasteiger partial charge in [0, 0.05) is 34.7 Å². The maximum absolute atomic E-state index is 8.99. The van der Waals surface area contributed by atoms with Gasteiger partial charge in [0.15, 0.2) is 0 Å². The van der Waals surface area contributed by atoms with Crippen molar-refractivity contribution in [3.63, 3.8) is 0 Å². The van der Waals surface area contributed by atoms with Gasteiger partial charge in [0.1, 0.15) is 0 Å².